The van der Waals surface area contributed by atoms with E-state index in [2.05, 4.69) is 5.32 Å². The minimum absolute atomic E-state index is 0.00296. The minimum Gasteiger partial charge on any atom is -0.478 e. The van der Waals surface area contributed by atoms with Gasteiger partial charge in [-0.2, -0.15) is 0 Å². The van der Waals surface area contributed by atoms with Crippen LogP contribution in [0.3, 0.4) is 0 Å². The Morgan fingerprint density at radius 3 is 2.83 bits per heavy atom. The van der Waals surface area contributed by atoms with Gasteiger partial charge in [0, 0.05) is 24.4 Å². The third kappa shape index (κ3) is 4.18. The van der Waals surface area contributed by atoms with E-state index in [0.29, 0.717) is 23.7 Å². The monoisotopic (exact) mass is 273 g/mol. The number of aliphatic hydroxyl groups is 1. The Bertz CT molecular complexity index is 405. The topological polar surface area (TPSA) is 78.8 Å². The van der Waals surface area contributed by atoms with Crippen LogP contribution in [0.4, 0.5) is 5.69 Å². The fraction of sp³-hybridized carbons (Fsp3) is 0.417. The molecule has 0 aliphatic rings. The number of aromatic carboxylic acids is 1. The summed E-state index contributed by atoms with van der Waals surface area (Å²) in [4.78, 5) is 11.1. The second kappa shape index (κ2) is 7.20. The summed E-state index contributed by atoms with van der Waals surface area (Å²) in [7, 11) is 1.55. The average molecular weight is 274 g/mol. The van der Waals surface area contributed by atoms with Crippen molar-refractivity contribution in [3.63, 3.8) is 0 Å². The third-order valence-electron chi connectivity index (χ3n) is 2.42. The zero-order valence-electron chi connectivity index (χ0n) is 10.0. The van der Waals surface area contributed by atoms with Crippen LogP contribution in [-0.2, 0) is 4.74 Å². The molecule has 0 aliphatic heterocycles. The van der Waals surface area contributed by atoms with E-state index >= 15 is 0 Å². The van der Waals surface area contributed by atoms with Crippen molar-refractivity contribution < 1.29 is 19.7 Å². The van der Waals surface area contributed by atoms with E-state index in [4.69, 9.17) is 26.6 Å². The van der Waals surface area contributed by atoms with Gasteiger partial charge in [-0.15, -0.1) is 0 Å². The third-order valence-corrected chi connectivity index (χ3v) is 2.65. The first kappa shape index (κ1) is 14.8. The molecule has 0 aromatic heterocycles. The Hall–Kier alpha value is -1.30. The molecule has 1 unspecified atom stereocenters. The van der Waals surface area contributed by atoms with E-state index in [1.807, 2.05) is 0 Å². The first-order valence-corrected chi connectivity index (χ1v) is 5.85. The molecule has 1 atom stereocenters. The fourth-order valence-electron chi connectivity index (χ4n) is 1.59. The Kier molecular flexibility index (Phi) is 5.91. The lowest BCUT2D eigenvalue weighted by molar-refractivity contribution is 0.0697. The van der Waals surface area contributed by atoms with E-state index in [1.54, 1.807) is 19.2 Å². The lowest BCUT2D eigenvalue weighted by Gasteiger charge is -2.19. The molecule has 0 saturated carbocycles. The zero-order valence-corrected chi connectivity index (χ0v) is 10.8. The molecule has 3 N–H and O–H groups in total. The molecule has 5 nitrogen and oxygen atoms in total. The maximum absolute atomic E-state index is 11.1. The molecule has 0 spiro atoms. The number of rotatable bonds is 7. The van der Waals surface area contributed by atoms with Gasteiger partial charge in [0.25, 0.3) is 0 Å². The maximum Gasteiger partial charge on any atom is 0.337 e. The highest BCUT2D eigenvalue weighted by Gasteiger charge is 2.14. The van der Waals surface area contributed by atoms with Crippen molar-refractivity contribution in [3.05, 3.63) is 28.8 Å². The average Bonchev–Trinajstić information content (AvgIpc) is 2.32. The highest BCUT2D eigenvalue weighted by Crippen LogP contribution is 2.22. The summed E-state index contributed by atoms with van der Waals surface area (Å²) in [5, 5.41) is 21.4. The minimum atomic E-state index is -1.06. The van der Waals surface area contributed by atoms with Crippen LogP contribution in [0.1, 0.15) is 16.8 Å². The number of carboxylic acid groups (broad SMARTS) is 1. The van der Waals surface area contributed by atoms with Crippen molar-refractivity contribution >= 4 is 23.3 Å². The van der Waals surface area contributed by atoms with Crippen LogP contribution < -0.4 is 5.32 Å². The van der Waals surface area contributed by atoms with Crippen molar-refractivity contribution in [2.24, 2.45) is 0 Å². The summed E-state index contributed by atoms with van der Waals surface area (Å²) in [6.07, 6.45) is 0.468. The second-order valence-corrected chi connectivity index (χ2v) is 4.24. The van der Waals surface area contributed by atoms with Crippen molar-refractivity contribution in [1.29, 1.82) is 0 Å². The number of anilines is 1. The molecule has 0 fully saturated rings. The number of carbonyl (C=O) groups is 1. The van der Waals surface area contributed by atoms with Crippen LogP contribution in [-0.4, -0.2) is 42.5 Å². The lowest BCUT2D eigenvalue weighted by Crippen LogP contribution is -2.27. The number of hydrogen-bond acceptors (Lipinski definition) is 4. The van der Waals surface area contributed by atoms with Crippen molar-refractivity contribution in [1.82, 2.24) is 0 Å². The van der Waals surface area contributed by atoms with Gasteiger partial charge in [0.05, 0.1) is 18.2 Å². The predicted octanol–water partition coefficient (Wildman–Crippen LogP) is 1.85. The summed E-state index contributed by atoms with van der Waals surface area (Å²) < 4.78 is 5.01. The first-order valence-electron chi connectivity index (χ1n) is 5.47. The van der Waals surface area contributed by atoms with Crippen LogP contribution in [0.2, 0.25) is 5.02 Å². The summed E-state index contributed by atoms with van der Waals surface area (Å²) in [6.45, 7) is 0.374. The molecule has 0 saturated heterocycles. The molecule has 0 amide bonds. The van der Waals surface area contributed by atoms with Crippen LogP contribution in [0.25, 0.3) is 0 Å². The standard InChI is InChI=1S/C12H16ClNO4/c1-18-7-9(4-5-15)14-11-3-2-8(13)6-10(11)12(16)17/h2-3,6,9,14-15H,4-5,7H2,1H3,(H,16,17). The first-order chi connectivity index (χ1) is 8.58. The highest BCUT2D eigenvalue weighted by molar-refractivity contribution is 6.31. The van der Waals surface area contributed by atoms with Gasteiger partial charge in [0.15, 0.2) is 0 Å². The van der Waals surface area contributed by atoms with Gasteiger partial charge >= 0.3 is 5.97 Å². The molecule has 1 aromatic carbocycles. The summed E-state index contributed by atoms with van der Waals surface area (Å²) in [5.74, 6) is -1.06. The molecule has 18 heavy (non-hydrogen) atoms. The Morgan fingerprint density at radius 1 is 1.56 bits per heavy atom. The number of ether oxygens (including phenoxy) is 1. The molecule has 0 bridgehead atoms. The van der Waals surface area contributed by atoms with Gasteiger partial charge in [-0.3, -0.25) is 0 Å². The van der Waals surface area contributed by atoms with Gasteiger partial charge in [0.1, 0.15) is 0 Å². The Balaban J connectivity index is 2.90. The SMILES string of the molecule is COCC(CCO)Nc1ccc(Cl)cc1C(=O)O. The molecule has 6 heteroatoms. The van der Waals surface area contributed by atoms with Gasteiger partial charge in [-0.05, 0) is 24.6 Å². The predicted molar refractivity (Wildman–Crippen MR) is 69.4 cm³/mol. The number of benzene rings is 1. The summed E-state index contributed by atoms with van der Waals surface area (Å²) in [6, 6.07) is 4.44. The number of hydrogen-bond donors (Lipinski definition) is 3. The van der Waals surface area contributed by atoms with E-state index < -0.39 is 5.97 Å². The van der Waals surface area contributed by atoms with Crippen LogP contribution in [0.5, 0.6) is 0 Å². The number of carboxylic acids is 1. The molecule has 1 aromatic rings. The maximum atomic E-state index is 11.1. The molecular weight excluding hydrogens is 258 g/mol. The van der Waals surface area contributed by atoms with Gasteiger partial charge in [-0.1, -0.05) is 11.6 Å². The Morgan fingerprint density at radius 2 is 2.28 bits per heavy atom. The van der Waals surface area contributed by atoms with Crippen LogP contribution in [0, 0.1) is 0 Å². The normalized spacial score (nSPS) is 12.2. The van der Waals surface area contributed by atoms with Crippen molar-refractivity contribution in [3.8, 4) is 0 Å². The summed E-state index contributed by atoms with van der Waals surface area (Å²) >= 11 is 5.76. The van der Waals surface area contributed by atoms with Gasteiger partial charge in [0.2, 0.25) is 0 Å². The van der Waals surface area contributed by atoms with E-state index in [9.17, 15) is 4.79 Å². The fourth-order valence-corrected chi connectivity index (χ4v) is 1.77. The van der Waals surface area contributed by atoms with Crippen LogP contribution >= 0.6 is 11.6 Å². The lowest BCUT2D eigenvalue weighted by atomic mass is 10.1. The number of methoxy groups -OCH3 is 1. The quantitative estimate of drug-likeness (QED) is 0.707. The largest absolute Gasteiger partial charge is 0.478 e. The zero-order chi connectivity index (χ0) is 13.5. The van der Waals surface area contributed by atoms with E-state index in [0.717, 1.165) is 0 Å². The molecule has 1 rings (SSSR count). The smallest absolute Gasteiger partial charge is 0.337 e. The van der Waals surface area contributed by atoms with Crippen molar-refractivity contribution in [2.45, 2.75) is 12.5 Å². The molecule has 0 heterocycles. The highest BCUT2D eigenvalue weighted by atomic mass is 35.5. The Labute approximate surface area is 110 Å². The van der Waals surface area contributed by atoms with E-state index in [-0.39, 0.29) is 18.2 Å². The van der Waals surface area contributed by atoms with Gasteiger partial charge < -0.3 is 20.3 Å². The molecule has 100 valence electrons. The number of nitrogens with one attached hydrogen (secondary N) is 1. The second-order valence-electron chi connectivity index (χ2n) is 3.80. The molecule has 0 radical (unpaired) electrons. The van der Waals surface area contributed by atoms with E-state index in [1.165, 1.54) is 6.07 Å². The summed E-state index contributed by atoms with van der Waals surface area (Å²) in [5.41, 5.74) is 0.559. The molecular formula is C12H16ClNO4. The van der Waals surface area contributed by atoms with Gasteiger partial charge in [-0.25, -0.2) is 4.79 Å². The number of halogens is 1. The molecule has 0 aliphatic carbocycles. The van der Waals surface area contributed by atoms with Crippen molar-refractivity contribution in [2.75, 3.05) is 25.6 Å². The number of aliphatic hydroxyl groups excluding tert-OH is 1. The van der Waals surface area contributed by atoms with Crippen LogP contribution in [0.15, 0.2) is 18.2 Å².